The van der Waals surface area contributed by atoms with Crippen LogP contribution in [0.1, 0.15) is 19.8 Å². The number of para-hydroxylation sites is 1. The van der Waals surface area contributed by atoms with Gasteiger partial charge in [0.05, 0.1) is 5.75 Å². The van der Waals surface area contributed by atoms with Crippen molar-refractivity contribution in [3.8, 4) is 0 Å². The van der Waals surface area contributed by atoms with Crippen molar-refractivity contribution in [2.75, 3.05) is 23.4 Å². The predicted molar refractivity (Wildman–Crippen MR) is 105 cm³/mol. The molecule has 0 aliphatic heterocycles. The maximum absolute atomic E-state index is 11.6. The molecule has 0 spiro atoms. The molecule has 8 nitrogen and oxygen atoms in total. The molecule has 0 radical (unpaired) electrons. The van der Waals surface area contributed by atoms with Crippen LogP contribution in [-0.4, -0.2) is 41.9 Å². The highest BCUT2D eigenvalue weighted by molar-refractivity contribution is 8.76. The first-order valence-corrected chi connectivity index (χ1v) is 10.5. The number of imide groups is 2. The average molecular weight is 399 g/mol. The normalized spacial score (nSPS) is 9.88. The zero-order valence-corrected chi connectivity index (χ0v) is 16.0. The van der Waals surface area contributed by atoms with Gasteiger partial charge in [0.25, 0.3) is 0 Å². The van der Waals surface area contributed by atoms with Gasteiger partial charge in [0.1, 0.15) is 0 Å². The van der Waals surface area contributed by atoms with Gasteiger partial charge in [0.15, 0.2) is 0 Å². The van der Waals surface area contributed by atoms with Crippen molar-refractivity contribution in [1.29, 1.82) is 0 Å². The lowest BCUT2D eigenvalue weighted by Crippen LogP contribution is -2.40. The summed E-state index contributed by atoms with van der Waals surface area (Å²) >= 11 is 0. The van der Waals surface area contributed by atoms with Crippen LogP contribution >= 0.6 is 21.6 Å². The standard InChI is InChI=1S/C16H22N4O4S2/c1-2-6-13(21)19-15(23)17-9-10-25-26-11-14(22)20-16(24)18-12-7-4-3-5-8-12/h3-5,7-8H,2,6,9-11H2,1H3,(H2,17,19,21,23)(H2,18,20,22,24). The van der Waals surface area contributed by atoms with Crippen molar-refractivity contribution in [3.05, 3.63) is 30.3 Å². The number of hydrogen-bond acceptors (Lipinski definition) is 6. The average Bonchev–Trinajstić information content (AvgIpc) is 2.58. The summed E-state index contributed by atoms with van der Waals surface area (Å²) in [6.45, 7) is 2.21. The molecule has 1 aromatic rings. The Labute approximate surface area is 160 Å². The van der Waals surface area contributed by atoms with Crippen molar-refractivity contribution in [3.63, 3.8) is 0 Å². The van der Waals surface area contributed by atoms with Gasteiger partial charge in [0.2, 0.25) is 11.8 Å². The van der Waals surface area contributed by atoms with Gasteiger partial charge in [-0.25, -0.2) is 9.59 Å². The Balaban J connectivity index is 2.05. The SMILES string of the molecule is CCCC(=O)NC(=O)NCCSSCC(=O)NC(=O)Nc1ccccc1. The van der Waals surface area contributed by atoms with Crippen molar-refractivity contribution in [2.24, 2.45) is 0 Å². The molecular weight excluding hydrogens is 376 g/mol. The Kier molecular flexibility index (Phi) is 11.0. The van der Waals surface area contributed by atoms with Crippen LogP contribution in [0.4, 0.5) is 15.3 Å². The minimum absolute atomic E-state index is 0.105. The molecule has 4 N–H and O–H groups in total. The quantitative estimate of drug-likeness (QED) is 0.375. The van der Waals surface area contributed by atoms with Gasteiger partial charge in [-0.05, 0) is 18.6 Å². The number of carbonyl (C=O) groups excluding carboxylic acids is 4. The minimum atomic E-state index is -0.582. The molecule has 0 saturated carbocycles. The number of nitrogens with one attached hydrogen (secondary N) is 4. The molecule has 0 atom stereocenters. The topological polar surface area (TPSA) is 116 Å². The number of urea groups is 2. The first-order valence-electron chi connectivity index (χ1n) is 7.99. The summed E-state index contributed by atoms with van der Waals surface area (Å²) < 4.78 is 0. The summed E-state index contributed by atoms with van der Waals surface area (Å²) in [6.07, 6.45) is 0.988. The lowest BCUT2D eigenvalue weighted by molar-refractivity contribution is -0.120. The smallest absolute Gasteiger partial charge is 0.325 e. The highest BCUT2D eigenvalue weighted by atomic mass is 33.1. The molecule has 10 heteroatoms. The van der Waals surface area contributed by atoms with E-state index >= 15 is 0 Å². The van der Waals surface area contributed by atoms with Gasteiger partial charge in [-0.3, -0.25) is 20.2 Å². The second-order valence-corrected chi connectivity index (χ2v) is 7.59. The number of anilines is 1. The van der Waals surface area contributed by atoms with Crippen LogP contribution in [0.15, 0.2) is 30.3 Å². The van der Waals surface area contributed by atoms with Crippen LogP contribution in [0.2, 0.25) is 0 Å². The lowest BCUT2D eigenvalue weighted by Gasteiger charge is -2.07. The summed E-state index contributed by atoms with van der Waals surface area (Å²) in [6, 6.07) is 7.70. The van der Waals surface area contributed by atoms with Crippen LogP contribution in [-0.2, 0) is 9.59 Å². The molecule has 0 bridgehead atoms. The van der Waals surface area contributed by atoms with E-state index in [-0.39, 0.29) is 11.7 Å². The Bertz CT molecular complexity index is 614. The van der Waals surface area contributed by atoms with E-state index in [4.69, 9.17) is 0 Å². The number of hydrogen-bond donors (Lipinski definition) is 4. The molecule has 0 aliphatic carbocycles. The molecule has 1 rings (SSSR count). The Hall–Kier alpha value is -2.20. The molecule has 142 valence electrons. The lowest BCUT2D eigenvalue weighted by atomic mass is 10.3. The van der Waals surface area contributed by atoms with Gasteiger partial charge in [0, 0.05) is 24.4 Å². The number of amides is 6. The van der Waals surface area contributed by atoms with Crippen LogP contribution < -0.4 is 21.3 Å². The van der Waals surface area contributed by atoms with E-state index in [1.54, 1.807) is 24.3 Å². The van der Waals surface area contributed by atoms with E-state index in [0.29, 0.717) is 30.8 Å². The zero-order valence-electron chi connectivity index (χ0n) is 14.4. The van der Waals surface area contributed by atoms with E-state index in [2.05, 4.69) is 21.3 Å². The second kappa shape index (κ2) is 13.1. The summed E-state index contributed by atoms with van der Waals surface area (Å²) in [4.78, 5) is 45.9. The fraction of sp³-hybridized carbons (Fsp3) is 0.375. The Morgan fingerprint density at radius 2 is 1.62 bits per heavy atom. The molecular formula is C16H22N4O4S2. The molecule has 6 amide bonds. The molecule has 0 unspecified atom stereocenters. The van der Waals surface area contributed by atoms with Crippen molar-refractivity contribution >= 4 is 51.2 Å². The van der Waals surface area contributed by atoms with Crippen LogP contribution in [0.25, 0.3) is 0 Å². The van der Waals surface area contributed by atoms with Crippen molar-refractivity contribution in [1.82, 2.24) is 16.0 Å². The first-order chi connectivity index (χ1) is 12.5. The highest BCUT2D eigenvalue weighted by Gasteiger charge is 2.08. The maximum Gasteiger partial charge on any atom is 0.325 e. The monoisotopic (exact) mass is 398 g/mol. The summed E-state index contributed by atoms with van der Waals surface area (Å²) in [5.74, 6) is -0.0540. The van der Waals surface area contributed by atoms with Crippen LogP contribution in [0, 0.1) is 0 Å². The molecule has 0 heterocycles. The molecule has 26 heavy (non-hydrogen) atoms. The zero-order chi connectivity index (χ0) is 19.2. The van der Waals surface area contributed by atoms with E-state index in [1.165, 1.54) is 21.6 Å². The number of benzene rings is 1. The van der Waals surface area contributed by atoms with E-state index < -0.39 is 18.0 Å². The van der Waals surface area contributed by atoms with Crippen LogP contribution in [0.5, 0.6) is 0 Å². The van der Waals surface area contributed by atoms with Crippen LogP contribution in [0.3, 0.4) is 0 Å². The highest BCUT2D eigenvalue weighted by Crippen LogP contribution is 2.19. The fourth-order valence-corrected chi connectivity index (χ4v) is 3.41. The van der Waals surface area contributed by atoms with Crippen molar-refractivity contribution < 1.29 is 19.2 Å². The van der Waals surface area contributed by atoms with Gasteiger partial charge in [-0.15, -0.1) is 0 Å². The third-order valence-electron chi connectivity index (χ3n) is 2.76. The molecule has 0 saturated heterocycles. The third-order valence-corrected chi connectivity index (χ3v) is 5.03. The van der Waals surface area contributed by atoms with Gasteiger partial charge < -0.3 is 10.6 Å². The third kappa shape index (κ3) is 10.6. The maximum atomic E-state index is 11.6. The second-order valence-electron chi connectivity index (χ2n) is 5.01. The predicted octanol–water partition coefficient (Wildman–Crippen LogP) is 2.34. The first kappa shape index (κ1) is 21.8. The number of carbonyl (C=O) groups is 4. The van der Waals surface area contributed by atoms with E-state index in [9.17, 15) is 19.2 Å². The number of rotatable bonds is 9. The Morgan fingerprint density at radius 3 is 2.31 bits per heavy atom. The summed E-state index contributed by atoms with van der Waals surface area (Å²) in [5.41, 5.74) is 0.599. The minimum Gasteiger partial charge on any atom is -0.337 e. The van der Waals surface area contributed by atoms with Gasteiger partial charge in [-0.2, -0.15) is 0 Å². The Morgan fingerprint density at radius 1 is 0.923 bits per heavy atom. The van der Waals surface area contributed by atoms with Gasteiger partial charge >= 0.3 is 12.1 Å². The summed E-state index contributed by atoms with van der Waals surface area (Å²) in [5, 5.41) is 9.55. The molecule has 0 aliphatic rings. The molecule has 0 fully saturated rings. The largest absolute Gasteiger partial charge is 0.337 e. The fourth-order valence-electron chi connectivity index (χ4n) is 1.67. The van der Waals surface area contributed by atoms with E-state index in [1.807, 2.05) is 13.0 Å². The van der Waals surface area contributed by atoms with E-state index in [0.717, 1.165) is 0 Å². The molecule has 1 aromatic carbocycles. The van der Waals surface area contributed by atoms with Crippen molar-refractivity contribution in [2.45, 2.75) is 19.8 Å². The van der Waals surface area contributed by atoms with Gasteiger partial charge in [-0.1, -0.05) is 46.7 Å². The molecule has 0 aromatic heterocycles. The summed E-state index contributed by atoms with van der Waals surface area (Å²) in [7, 11) is 2.65.